The van der Waals surface area contributed by atoms with Crippen LogP contribution in [0.1, 0.15) is 31.2 Å². The van der Waals surface area contributed by atoms with Gasteiger partial charge in [0.15, 0.2) is 5.17 Å². The van der Waals surface area contributed by atoms with Gasteiger partial charge in [0, 0.05) is 16.9 Å². The highest BCUT2D eigenvalue weighted by molar-refractivity contribution is 8.14. The molecule has 1 aromatic carbocycles. The Hall–Kier alpha value is -1.16. The molecule has 0 aromatic heterocycles. The number of amidine groups is 1. The quantitative estimate of drug-likeness (QED) is 0.920. The van der Waals surface area contributed by atoms with Crippen molar-refractivity contribution in [3.63, 3.8) is 0 Å². The van der Waals surface area contributed by atoms with Crippen LogP contribution >= 0.6 is 11.8 Å². The molecule has 102 valence electrons. The fourth-order valence-electron chi connectivity index (χ4n) is 2.90. The lowest BCUT2D eigenvalue weighted by molar-refractivity contribution is 0.410. The summed E-state index contributed by atoms with van der Waals surface area (Å²) in [5.74, 6) is 2.10. The molecule has 1 aromatic rings. The molecule has 19 heavy (non-hydrogen) atoms. The number of para-hydroxylation sites is 1. The summed E-state index contributed by atoms with van der Waals surface area (Å²) in [6.45, 7) is 0.690. The zero-order chi connectivity index (χ0) is 13.1. The lowest BCUT2D eigenvalue weighted by Crippen LogP contribution is -2.40. The summed E-state index contributed by atoms with van der Waals surface area (Å²) >= 11 is 1.87. The highest BCUT2D eigenvalue weighted by Gasteiger charge is 2.39. The number of ether oxygens (including phenoxy) is 1. The molecule has 0 unspecified atom stereocenters. The van der Waals surface area contributed by atoms with Crippen LogP contribution in [0.15, 0.2) is 29.3 Å². The van der Waals surface area contributed by atoms with Gasteiger partial charge >= 0.3 is 0 Å². The van der Waals surface area contributed by atoms with Crippen LogP contribution < -0.4 is 10.1 Å². The first-order valence-corrected chi connectivity index (χ1v) is 7.87. The van der Waals surface area contributed by atoms with Crippen LogP contribution in [0.5, 0.6) is 5.75 Å². The number of hydrogen-bond donors (Lipinski definition) is 1. The van der Waals surface area contributed by atoms with Crippen LogP contribution in [-0.4, -0.2) is 23.6 Å². The number of hydrogen-bond acceptors (Lipinski definition) is 3. The average molecular weight is 276 g/mol. The molecule has 2 aliphatic rings. The van der Waals surface area contributed by atoms with E-state index in [4.69, 9.17) is 9.73 Å². The fourth-order valence-corrected chi connectivity index (χ4v) is 4.12. The van der Waals surface area contributed by atoms with E-state index in [-0.39, 0.29) is 0 Å². The number of rotatable bonds is 3. The van der Waals surface area contributed by atoms with Crippen molar-refractivity contribution in [1.29, 1.82) is 0 Å². The minimum Gasteiger partial charge on any atom is -0.496 e. The van der Waals surface area contributed by atoms with Crippen LogP contribution in [0, 0.1) is 0 Å². The zero-order valence-electron chi connectivity index (χ0n) is 11.3. The Morgan fingerprint density at radius 1 is 1.32 bits per heavy atom. The molecule has 1 saturated heterocycles. The van der Waals surface area contributed by atoms with Crippen molar-refractivity contribution < 1.29 is 4.74 Å². The molecule has 0 bridgehead atoms. The smallest absolute Gasteiger partial charge is 0.157 e. The normalized spacial score (nSPS) is 22.9. The van der Waals surface area contributed by atoms with E-state index in [0.717, 1.165) is 16.5 Å². The van der Waals surface area contributed by atoms with Crippen LogP contribution in [0.25, 0.3) is 0 Å². The van der Waals surface area contributed by atoms with E-state index < -0.39 is 0 Å². The number of thioether (sulfide) groups is 1. The van der Waals surface area contributed by atoms with Gasteiger partial charge in [-0.2, -0.15) is 0 Å². The Labute approximate surface area is 118 Å². The van der Waals surface area contributed by atoms with Crippen molar-refractivity contribution in [2.24, 2.45) is 4.99 Å². The van der Waals surface area contributed by atoms with Crippen molar-refractivity contribution in [3.8, 4) is 5.75 Å². The molecular formula is C15H20N2OS. The third kappa shape index (κ3) is 2.73. The Morgan fingerprint density at radius 3 is 2.89 bits per heavy atom. The number of methoxy groups -OCH3 is 1. The van der Waals surface area contributed by atoms with Crippen LogP contribution in [0.2, 0.25) is 0 Å². The van der Waals surface area contributed by atoms with E-state index in [1.54, 1.807) is 7.11 Å². The van der Waals surface area contributed by atoms with E-state index in [1.807, 2.05) is 30.0 Å². The van der Waals surface area contributed by atoms with Crippen LogP contribution in [0.3, 0.4) is 0 Å². The fraction of sp³-hybridized carbons (Fsp3) is 0.533. The average Bonchev–Trinajstić information content (AvgIpc) is 3.07. The monoisotopic (exact) mass is 276 g/mol. The summed E-state index contributed by atoms with van der Waals surface area (Å²) in [7, 11) is 1.71. The van der Waals surface area contributed by atoms with E-state index in [2.05, 4.69) is 11.4 Å². The maximum absolute atomic E-state index is 5.36. The van der Waals surface area contributed by atoms with Gasteiger partial charge in [-0.3, -0.25) is 4.99 Å². The summed E-state index contributed by atoms with van der Waals surface area (Å²) in [6, 6.07) is 8.09. The summed E-state index contributed by atoms with van der Waals surface area (Å²) in [4.78, 5) is 4.71. The molecular weight excluding hydrogens is 256 g/mol. The van der Waals surface area contributed by atoms with Gasteiger partial charge < -0.3 is 10.1 Å². The van der Waals surface area contributed by atoms with E-state index in [1.165, 1.54) is 31.4 Å². The van der Waals surface area contributed by atoms with Gasteiger partial charge in [0.2, 0.25) is 0 Å². The maximum atomic E-state index is 5.36. The topological polar surface area (TPSA) is 33.6 Å². The summed E-state index contributed by atoms with van der Waals surface area (Å²) in [6.07, 6.45) is 5.31. The zero-order valence-corrected chi connectivity index (χ0v) is 12.1. The lowest BCUT2D eigenvalue weighted by Gasteiger charge is -2.21. The molecule has 0 radical (unpaired) electrons. The van der Waals surface area contributed by atoms with Gasteiger partial charge in [0.1, 0.15) is 5.75 Å². The van der Waals surface area contributed by atoms with E-state index in [0.29, 0.717) is 12.1 Å². The predicted molar refractivity (Wildman–Crippen MR) is 80.9 cm³/mol. The summed E-state index contributed by atoms with van der Waals surface area (Å²) in [5, 5.41) is 4.75. The Morgan fingerprint density at radius 2 is 2.11 bits per heavy atom. The maximum Gasteiger partial charge on any atom is 0.157 e. The van der Waals surface area contributed by atoms with Crippen LogP contribution in [0.4, 0.5) is 0 Å². The minimum absolute atomic E-state index is 0.351. The first-order chi connectivity index (χ1) is 9.31. The standard InChI is InChI=1S/C15H20N2OS/c1-18-13-7-3-2-6-12(13)10-16-14-17-15(11-19-14)8-4-5-9-15/h2-3,6-7H,4-5,8-11H2,1H3,(H,16,17). The minimum atomic E-state index is 0.351. The van der Waals surface area contributed by atoms with Gasteiger partial charge in [0.05, 0.1) is 13.7 Å². The molecule has 1 heterocycles. The molecule has 1 saturated carbocycles. The predicted octanol–water partition coefficient (Wildman–Crippen LogP) is 3.20. The Bertz CT molecular complexity index is 481. The number of aliphatic imine (C=N–C) groups is 1. The van der Waals surface area contributed by atoms with Crippen molar-refractivity contribution >= 4 is 16.9 Å². The van der Waals surface area contributed by atoms with Crippen molar-refractivity contribution in [2.75, 3.05) is 12.9 Å². The van der Waals surface area contributed by atoms with Gasteiger partial charge in [-0.1, -0.05) is 42.8 Å². The van der Waals surface area contributed by atoms with Crippen molar-refractivity contribution in [3.05, 3.63) is 29.8 Å². The molecule has 3 rings (SSSR count). The second kappa shape index (κ2) is 5.45. The molecule has 2 fully saturated rings. The lowest BCUT2D eigenvalue weighted by atomic mass is 10.0. The Balaban J connectivity index is 1.67. The molecule has 1 N–H and O–H groups in total. The Kier molecular flexibility index (Phi) is 3.69. The van der Waals surface area contributed by atoms with Gasteiger partial charge in [-0.25, -0.2) is 0 Å². The molecule has 1 spiro atoms. The number of benzene rings is 1. The molecule has 1 aliphatic heterocycles. The SMILES string of the molecule is COc1ccccc1CN=C1NC2(CCCC2)CS1. The first-order valence-electron chi connectivity index (χ1n) is 6.89. The molecule has 0 atom stereocenters. The molecule has 3 nitrogen and oxygen atoms in total. The van der Waals surface area contributed by atoms with Crippen LogP contribution in [-0.2, 0) is 6.54 Å². The highest BCUT2D eigenvalue weighted by Crippen LogP contribution is 2.37. The highest BCUT2D eigenvalue weighted by atomic mass is 32.2. The molecule has 0 amide bonds. The van der Waals surface area contributed by atoms with Gasteiger partial charge in [-0.05, 0) is 18.9 Å². The largest absolute Gasteiger partial charge is 0.496 e. The van der Waals surface area contributed by atoms with Crippen molar-refractivity contribution in [1.82, 2.24) is 5.32 Å². The number of nitrogens with one attached hydrogen (secondary N) is 1. The molecule has 4 heteroatoms. The van der Waals surface area contributed by atoms with Gasteiger partial charge in [0.25, 0.3) is 0 Å². The van der Waals surface area contributed by atoms with E-state index >= 15 is 0 Å². The molecule has 1 aliphatic carbocycles. The first kappa shape index (κ1) is 12.9. The second-order valence-electron chi connectivity index (χ2n) is 5.33. The second-order valence-corrected chi connectivity index (χ2v) is 6.30. The summed E-state index contributed by atoms with van der Waals surface area (Å²) in [5.41, 5.74) is 1.50. The summed E-state index contributed by atoms with van der Waals surface area (Å²) < 4.78 is 5.36. The van der Waals surface area contributed by atoms with Gasteiger partial charge in [-0.15, -0.1) is 0 Å². The third-order valence-electron chi connectivity index (χ3n) is 4.00. The number of nitrogens with zero attached hydrogens (tertiary/aromatic N) is 1. The third-order valence-corrected chi connectivity index (χ3v) is 5.20. The van der Waals surface area contributed by atoms with Crippen molar-refractivity contribution in [2.45, 2.75) is 37.8 Å². The van der Waals surface area contributed by atoms with E-state index in [9.17, 15) is 0 Å².